The molecule has 1 saturated carbocycles. The molecule has 0 bridgehead atoms. The predicted molar refractivity (Wildman–Crippen MR) is 69.1 cm³/mol. The number of aromatic nitrogens is 2. The molecule has 1 aliphatic rings. The van der Waals surface area contributed by atoms with Crippen LogP contribution in [-0.2, 0) is 0 Å². The van der Waals surface area contributed by atoms with Crippen molar-refractivity contribution < 1.29 is 0 Å². The van der Waals surface area contributed by atoms with Crippen LogP contribution in [0.15, 0.2) is 0 Å². The van der Waals surface area contributed by atoms with Gasteiger partial charge in [-0.25, -0.2) is 4.98 Å². The van der Waals surface area contributed by atoms with Crippen molar-refractivity contribution >= 4 is 16.7 Å². The Bertz CT molecular complexity index is 316. The lowest BCUT2D eigenvalue weighted by Crippen LogP contribution is -2.09. The van der Waals surface area contributed by atoms with Crippen LogP contribution in [0, 0.1) is 5.92 Å². The van der Waals surface area contributed by atoms with Crippen molar-refractivity contribution in [2.45, 2.75) is 51.9 Å². The first kappa shape index (κ1) is 11.8. The van der Waals surface area contributed by atoms with Gasteiger partial charge in [0.1, 0.15) is 5.82 Å². The molecule has 0 aliphatic heterocycles. The lowest BCUT2D eigenvalue weighted by Gasteiger charge is -2.18. The molecule has 1 heterocycles. The number of nitrogens with zero attached hydrogens (tertiary/aromatic N) is 2. The van der Waals surface area contributed by atoms with Gasteiger partial charge in [0.05, 0.1) is 0 Å². The summed E-state index contributed by atoms with van der Waals surface area (Å²) in [5, 5.41) is 4.34. The van der Waals surface area contributed by atoms with Crippen LogP contribution in [0.25, 0.3) is 0 Å². The molecule has 0 aromatic carbocycles. The van der Waals surface area contributed by atoms with Gasteiger partial charge in [-0.1, -0.05) is 33.1 Å². The molecule has 16 heavy (non-hydrogen) atoms. The zero-order valence-corrected chi connectivity index (χ0v) is 11.0. The van der Waals surface area contributed by atoms with Crippen LogP contribution < -0.4 is 5.32 Å². The molecule has 3 nitrogen and oxygen atoms in total. The molecule has 1 aromatic rings. The van der Waals surface area contributed by atoms with Gasteiger partial charge in [0.25, 0.3) is 0 Å². The van der Waals surface area contributed by atoms with Crippen molar-refractivity contribution in [1.82, 2.24) is 9.36 Å². The first-order valence-electron chi connectivity index (χ1n) is 6.33. The van der Waals surface area contributed by atoms with Gasteiger partial charge in [0.15, 0.2) is 0 Å². The summed E-state index contributed by atoms with van der Waals surface area (Å²) in [5.41, 5.74) is 0. The average Bonchev–Trinajstić information content (AvgIpc) is 2.76. The Morgan fingerprint density at radius 2 is 2.06 bits per heavy atom. The van der Waals surface area contributed by atoms with Crippen LogP contribution in [0.1, 0.15) is 57.7 Å². The molecule has 1 aliphatic carbocycles. The zero-order chi connectivity index (χ0) is 11.4. The molecule has 0 amide bonds. The summed E-state index contributed by atoms with van der Waals surface area (Å²) in [6.45, 7) is 5.39. The summed E-state index contributed by atoms with van der Waals surface area (Å²) >= 11 is 1.51. The summed E-state index contributed by atoms with van der Waals surface area (Å²) in [4.78, 5) is 4.60. The first-order valence-corrected chi connectivity index (χ1v) is 7.10. The van der Waals surface area contributed by atoms with Gasteiger partial charge in [0, 0.05) is 24.0 Å². The monoisotopic (exact) mass is 239 g/mol. The van der Waals surface area contributed by atoms with E-state index in [2.05, 4.69) is 28.5 Å². The lowest BCUT2D eigenvalue weighted by molar-refractivity contribution is 0.431. The van der Waals surface area contributed by atoms with Gasteiger partial charge >= 0.3 is 0 Å². The van der Waals surface area contributed by atoms with E-state index in [4.69, 9.17) is 0 Å². The van der Waals surface area contributed by atoms with Gasteiger partial charge in [-0.05, 0) is 18.8 Å². The second-order valence-electron chi connectivity index (χ2n) is 5.07. The summed E-state index contributed by atoms with van der Waals surface area (Å²) in [7, 11) is 0. The molecule has 0 atom stereocenters. The molecule has 2 rings (SSSR count). The SMILES string of the molecule is CC(C)CNc1nc(C2CCCCC2)ns1. The Balaban J connectivity index is 1.90. The van der Waals surface area contributed by atoms with Crippen LogP contribution in [-0.4, -0.2) is 15.9 Å². The topological polar surface area (TPSA) is 37.8 Å². The molecule has 0 spiro atoms. The Kier molecular flexibility index (Phi) is 4.16. The van der Waals surface area contributed by atoms with E-state index in [-0.39, 0.29) is 0 Å². The highest BCUT2D eigenvalue weighted by Gasteiger charge is 2.19. The van der Waals surface area contributed by atoms with Crippen molar-refractivity contribution in [2.24, 2.45) is 5.92 Å². The fraction of sp³-hybridized carbons (Fsp3) is 0.833. The molecule has 4 heteroatoms. The Hall–Kier alpha value is -0.640. The number of hydrogen-bond donors (Lipinski definition) is 1. The minimum Gasteiger partial charge on any atom is -0.360 e. The Labute approximate surface area is 102 Å². The zero-order valence-electron chi connectivity index (χ0n) is 10.2. The van der Waals surface area contributed by atoms with Crippen LogP contribution >= 0.6 is 11.5 Å². The third kappa shape index (κ3) is 3.17. The molecule has 1 fully saturated rings. The molecule has 0 unspecified atom stereocenters. The second-order valence-corrected chi connectivity index (χ2v) is 5.82. The van der Waals surface area contributed by atoms with E-state index in [1.165, 1.54) is 43.6 Å². The lowest BCUT2D eigenvalue weighted by atomic mass is 9.89. The van der Waals surface area contributed by atoms with Crippen LogP contribution in [0.4, 0.5) is 5.13 Å². The highest BCUT2D eigenvalue weighted by molar-refractivity contribution is 7.09. The average molecular weight is 239 g/mol. The molecule has 1 aromatic heterocycles. The van der Waals surface area contributed by atoms with E-state index < -0.39 is 0 Å². The minimum atomic E-state index is 0.625. The van der Waals surface area contributed by atoms with Gasteiger partial charge in [-0.3, -0.25) is 0 Å². The van der Waals surface area contributed by atoms with Gasteiger partial charge < -0.3 is 5.32 Å². The van der Waals surface area contributed by atoms with E-state index in [1.54, 1.807) is 0 Å². The van der Waals surface area contributed by atoms with Crippen LogP contribution in [0.2, 0.25) is 0 Å². The highest BCUT2D eigenvalue weighted by atomic mass is 32.1. The summed E-state index contributed by atoms with van der Waals surface area (Å²) in [6.07, 6.45) is 6.64. The van der Waals surface area contributed by atoms with Gasteiger partial charge in [-0.2, -0.15) is 4.37 Å². The molecule has 0 saturated heterocycles. The van der Waals surface area contributed by atoms with E-state index in [9.17, 15) is 0 Å². The maximum absolute atomic E-state index is 4.60. The van der Waals surface area contributed by atoms with Crippen molar-refractivity contribution in [1.29, 1.82) is 0 Å². The van der Waals surface area contributed by atoms with Gasteiger partial charge in [0.2, 0.25) is 5.13 Å². The third-order valence-corrected chi connectivity index (χ3v) is 3.76. The van der Waals surface area contributed by atoms with Crippen molar-refractivity contribution in [2.75, 3.05) is 11.9 Å². The summed E-state index contributed by atoms with van der Waals surface area (Å²) in [5.74, 6) is 2.36. The first-order chi connectivity index (χ1) is 7.75. The predicted octanol–water partition coefficient (Wildman–Crippen LogP) is 3.65. The summed E-state index contributed by atoms with van der Waals surface area (Å²) < 4.78 is 4.49. The van der Waals surface area contributed by atoms with Gasteiger partial charge in [-0.15, -0.1) is 0 Å². The van der Waals surface area contributed by atoms with E-state index in [0.717, 1.165) is 17.5 Å². The Morgan fingerprint density at radius 3 is 2.75 bits per heavy atom. The number of rotatable bonds is 4. The largest absolute Gasteiger partial charge is 0.360 e. The van der Waals surface area contributed by atoms with Crippen LogP contribution in [0.5, 0.6) is 0 Å². The van der Waals surface area contributed by atoms with Crippen molar-refractivity contribution in [3.05, 3.63) is 5.82 Å². The van der Waals surface area contributed by atoms with E-state index >= 15 is 0 Å². The third-order valence-electron chi connectivity index (χ3n) is 3.07. The summed E-state index contributed by atoms with van der Waals surface area (Å²) in [6, 6.07) is 0. The van der Waals surface area contributed by atoms with E-state index in [0.29, 0.717) is 11.8 Å². The molecule has 0 radical (unpaired) electrons. The van der Waals surface area contributed by atoms with Crippen molar-refractivity contribution in [3.63, 3.8) is 0 Å². The van der Waals surface area contributed by atoms with Crippen LogP contribution in [0.3, 0.4) is 0 Å². The fourth-order valence-corrected chi connectivity index (χ4v) is 2.78. The maximum atomic E-state index is 4.60. The smallest absolute Gasteiger partial charge is 0.202 e. The van der Waals surface area contributed by atoms with Crippen molar-refractivity contribution in [3.8, 4) is 0 Å². The number of nitrogens with one attached hydrogen (secondary N) is 1. The molecular weight excluding hydrogens is 218 g/mol. The normalized spacial score (nSPS) is 17.9. The molecule has 1 N–H and O–H groups in total. The minimum absolute atomic E-state index is 0.625. The number of hydrogen-bond acceptors (Lipinski definition) is 4. The quantitative estimate of drug-likeness (QED) is 0.871. The molecule has 90 valence electrons. The second kappa shape index (κ2) is 5.62. The van der Waals surface area contributed by atoms with E-state index in [1.807, 2.05) is 0 Å². The standard InChI is InChI=1S/C12H21N3S/c1-9(2)8-13-12-14-11(15-16-12)10-6-4-3-5-7-10/h9-10H,3-8H2,1-2H3,(H,13,14,15). The maximum Gasteiger partial charge on any atom is 0.202 e. The molecular formula is C12H21N3S. The Morgan fingerprint density at radius 1 is 1.31 bits per heavy atom. The number of anilines is 1. The highest BCUT2D eigenvalue weighted by Crippen LogP contribution is 2.32. The fourth-order valence-electron chi connectivity index (χ4n) is 2.12.